The number of hydrogen-bond donors (Lipinski definition) is 0. The Bertz CT molecular complexity index is 435. The van der Waals surface area contributed by atoms with Gasteiger partial charge in [0.25, 0.3) is 10.1 Å². The standard InChI is InChI=1S/C12H16O3S/c1-3-7-12(10-15-16(2,13)14)11-8-5-4-6-9-11/h3-9,12H,10H2,1-2H3. The van der Waals surface area contributed by atoms with Crippen molar-refractivity contribution in [2.24, 2.45) is 0 Å². The van der Waals surface area contributed by atoms with E-state index in [0.29, 0.717) is 0 Å². The Hall–Kier alpha value is -1.13. The number of hydrogen-bond acceptors (Lipinski definition) is 3. The van der Waals surface area contributed by atoms with Gasteiger partial charge in [-0.05, 0) is 12.5 Å². The molecule has 0 aliphatic heterocycles. The molecule has 16 heavy (non-hydrogen) atoms. The maximum atomic E-state index is 10.9. The second kappa shape index (κ2) is 5.82. The lowest BCUT2D eigenvalue weighted by Crippen LogP contribution is -2.10. The highest BCUT2D eigenvalue weighted by Crippen LogP contribution is 2.18. The van der Waals surface area contributed by atoms with E-state index in [-0.39, 0.29) is 12.5 Å². The lowest BCUT2D eigenvalue weighted by molar-refractivity contribution is 0.311. The Morgan fingerprint density at radius 3 is 2.44 bits per heavy atom. The molecule has 1 rings (SSSR count). The second-order valence-electron chi connectivity index (χ2n) is 3.53. The monoisotopic (exact) mass is 240 g/mol. The van der Waals surface area contributed by atoms with Gasteiger partial charge in [0.2, 0.25) is 0 Å². The normalized spacial score (nSPS) is 14.1. The Morgan fingerprint density at radius 2 is 1.94 bits per heavy atom. The van der Waals surface area contributed by atoms with Gasteiger partial charge in [0.05, 0.1) is 12.9 Å². The van der Waals surface area contributed by atoms with Crippen molar-refractivity contribution in [3.05, 3.63) is 48.0 Å². The number of benzene rings is 1. The van der Waals surface area contributed by atoms with Gasteiger partial charge in [-0.3, -0.25) is 4.18 Å². The van der Waals surface area contributed by atoms with E-state index < -0.39 is 10.1 Å². The molecule has 0 bridgehead atoms. The van der Waals surface area contributed by atoms with Gasteiger partial charge in [0, 0.05) is 5.92 Å². The molecular weight excluding hydrogens is 224 g/mol. The van der Waals surface area contributed by atoms with Gasteiger partial charge in [0.1, 0.15) is 0 Å². The predicted octanol–water partition coefficient (Wildman–Crippen LogP) is 2.32. The van der Waals surface area contributed by atoms with E-state index in [9.17, 15) is 8.42 Å². The molecule has 1 aromatic carbocycles. The molecule has 0 aromatic heterocycles. The Morgan fingerprint density at radius 1 is 1.31 bits per heavy atom. The van der Waals surface area contributed by atoms with E-state index in [2.05, 4.69) is 0 Å². The number of rotatable bonds is 5. The van der Waals surface area contributed by atoms with Crippen LogP contribution < -0.4 is 0 Å². The van der Waals surface area contributed by atoms with Crippen molar-refractivity contribution in [3.8, 4) is 0 Å². The largest absolute Gasteiger partial charge is 0.269 e. The van der Waals surface area contributed by atoms with Gasteiger partial charge in [-0.15, -0.1) is 0 Å². The highest BCUT2D eigenvalue weighted by molar-refractivity contribution is 7.85. The molecule has 0 aliphatic rings. The summed E-state index contributed by atoms with van der Waals surface area (Å²) >= 11 is 0. The van der Waals surface area contributed by atoms with Crippen LogP contribution >= 0.6 is 0 Å². The van der Waals surface area contributed by atoms with Crippen LogP contribution in [0.3, 0.4) is 0 Å². The predicted molar refractivity (Wildman–Crippen MR) is 64.8 cm³/mol. The van der Waals surface area contributed by atoms with Crippen molar-refractivity contribution in [3.63, 3.8) is 0 Å². The molecule has 3 nitrogen and oxygen atoms in total. The van der Waals surface area contributed by atoms with Crippen molar-refractivity contribution in [1.82, 2.24) is 0 Å². The van der Waals surface area contributed by atoms with Crippen molar-refractivity contribution in [2.45, 2.75) is 12.8 Å². The molecule has 0 heterocycles. The summed E-state index contributed by atoms with van der Waals surface area (Å²) in [6, 6.07) is 9.68. The fraction of sp³-hybridized carbons (Fsp3) is 0.333. The second-order valence-corrected chi connectivity index (χ2v) is 5.18. The summed E-state index contributed by atoms with van der Waals surface area (Å²) in [5, 5.41) is 0. The van der Waals surface area contributed by atoms with Gasteiger partial charge in [0.15, 0.2) is 0 Å². The van der Waals surface area contributed by atoms with Crippen LogP contribution in [0.15, 0.2) is 42.5 Å². The van der Waals surface area contributed by atoms with Crippen LogP contribution in [0.5, 0.6) is 0 Å². The molecule has 0 saturated carbocycles. The summed E-state index contributed by atoms with van der Waals surface area (Å²) in [4.78, 5) is 0. The summed E-state index contributed by atoms with van der Waals surface area (Å²) in [7, 11) is -3.38. The van der Waals surface area contributed by atoms with Crippen LogP contribution in [0.2, 0.25) is 0 Å². The fourth-order valence-corrected chi connectivity index (χ4v) is 1.79. The number of allylic oxidation sites excluding steroid dienone is 1. The molecule has 1 aromatic rings. The van der Waals surface area contributed by atoms with E-state index in [1.165, 1.54) is 0 Å². The molecule has 88 valence electrons. The SMILES string of the molecule is CC=CC(COS(C)(=O)=O)c1ccccc1. The molecule has 1 atom stereocenters. The maximum absolute atomic E-state index is 10.9. The van der Waals surface area contributed by atoms with Crippen LogP contribution in [0.1, 0.15) is 18.4 Å². The minimum Gasteiger partial charge on any atom is -0.269 e. The summed E-state index contributed by atoms with van der Waals surface area (Å²) in [6.45, 7) is 2.05. The highest BCUT2D eigenvalue weighted by Gasteiger charge is 2.11. The first kappa shape index (κ1) is 12.9. The van der Waals surface area contributed by atoms with Crippen molar-refractivity contribution in [2.75, 3.05) is 12.9 Å². The minimum atomic E-state index is -3.38. The molecule has 4 heteroatoms. The van der Waals surface area contributed by atoms with Crippen LogP contribution in [0, 0.1) is 0 Å². The molecule has 0 amide bonds. The zero-order valence-corrected chi connectivity index (χ0v) is 10.3. The van der Waals surface area contributed by atoms with E-state index >= 15 is 0 Å². The fourth-order valence-electron chi connectivity index (χ4n) is 1.39. The van der Waals surface area contributed by atoms with Crippen LogP contribution in [0.4, 0.5) is 0 Å². The van der Waals surface area contributed by atoms with E-state index in [1.807, 2.05) is 49.4 Å². The van der Waals surface area contributed by atoms with Gasteiger partial charge >= 0.3 is 0 Å². The molecule has 0 saturated heterocycles. The molecule has 0 fully saturated rings. The summed E-state index contributed by atoms with van der Waals surface area (Å²) in [5.74, 6) is -0.0269. The van der Waals surface area contributed by atoms with E-state index in [4.69, 9.17) is 4.18 Å². The van der Waals surface area contributed by atoms with Crippen LogP contribution in [-0.4, -0.2) is 21.3 Å². The minimum absolute atomic E-state index is 0.0269. The zero-order chi connectivity index (χ0) is 12.0. The molecule has 1 unspecified atom stereocenters. The summed E-state index contributed by atoms with van der Waals surface area (Å²) < 4.78 is 26.7. The van der Waals surface area contributed by atoms with Gasteiger partial charge in [-0.1, -0.05) is 42.5 Å². The Labute approximate surface area is 96.9 Å². The zero-order valence-electron chi connectivity index (χ0n) is 9.46. The topological polar surface area (TPSA) is 43.4 Å². The third-order valence-corrected chi connectivity index (χ3v) is 2.68. The molecule has 0 aliphatic carbocycles. The third kappa shape index (κ3) is 4.59. The Balaban J connectivity index is 2.77. The van der Waals surface area contributed by atoms with Crippen molar-refractivity contribution >= 4 is 10.1 Å². The Kier molecular flexibility index (Phi) is 4.71. The summed E-state index contributed by atoms with van der Waals surface area (Å²) in [6.07, 6.45) is 4.88. The lowest BCUT2D eigenvalue weighted by Gasteiger charge is -2.12. The third-order valence-electron chi connectivity index (χ3n) is 2.11. The first-order valence-electron chi connectivity index (χ1n) is 5.05. The molecule has 0 N–H and O–H groups in total. The van der Waals surface area contributed by atoms with Gasteiger partial charge < -0.3 is 0 Å². The van der Waals surface area contributed by atoms with Crippen LogP contribution in [-0.2, 0) is 14.3 Å². The van der Waals surface area contributed by atoms with E-state index in [1.54, 1.807) is 0 Å². The quantitative estimate of drug-likeness (QED) is 0.586. The highest BCUT2D eigenvalue weighted by atomic mass is 32.2. The average molecular weight is 240 g/mol. The maximum Gasteiger partial charge on any atom is 0.264 e. The lowest BCUT2D eigenvalue weighted by atomic mass is 10.00. The van der Waals surface area contributed by atoms with Gasteiger partial charge in [-0.25, -0.2) is 0 Å². The van der Waals surface area contributed by atoms with Gasteiger partial charge in [-0.2, -0.15) is 8.42 Å². The molecule has 0 spiro atoms. The van der Waals surface area contributed by atoms with Crippen molar-refractivity contribution in [1.29, 1.82) is 0 Å². The summed E-state index contributed by atoms with van der Waals surface area (Å²) in [5.41, 5.74) is 1.05. The first-order valence-corrected chi connectivity index (χ1v) is 6.87. The van der Waals surface area contributed by atoms with Crippen LogP contribution in [0.25, 0.3) is 0 Å². The smallest absolute Gasteiger partial charge is 0.264 e. The molecule has 0 radical (unpaired) electrons. The van der Waals surface area contributed by atoms with E-state index in [0.717, 1.165) is 11.8 Å². The first-order chi connectivity index (χ1) is 7.53. The van der Waals surface area contributed by atoms with Crippen molar-refractivity contribution < 1.29 is 12.6 Å². The molecular formula is C12H16O3S. The average Bonchev–Trinajstić information content (AvgIpc) is 2.24.